The maximum absolute atomic E-state index is 12.6. The van der Waals surface area contributed by atoms with Gasteiger partial charge in [0.15, 0.2) is 5.69 Å². The number of hydrogen-bond acceptors (Lipinski definition) is 3. The lowest BCUT2D eigenvalue weighted by Gasteiger charge is -2.21. The van der Waals surface area contributed by atoms with E-state index in [1.165, 1.54) is 36.8 Å². The molecule has 0 radical (unpaired) electrons. The summed E-state index contributed by atoms with van der Waals surface area (Å²) in [5, 5.41) is 8.47. The van der Waals surface area contributed by atoms with Gasteiger partial charge in [-0.2, -0.15) is 5.10 Å². The van der Waals surface area contributed by atoms with Crippen LogP contribution in [0.1, 0.15) is 49.5 Å². The molecule has 1 aromatic heterocycles. The van der Waals surface area contributed by atoms with Gasteiger partial charge in [-0.05, 0) is 31.7 Å². The van der Waals surface area contributed by atoms with Gasteiger partial charge >= 0.3 is 0 Å². The number of amides is 1. The van der Waals surface area contributed by atoms with Crippen LogP contribution in [0.5, 0.6) is 0 Å². The van der Waals surface area contributed by atoms with Crippen molar-refractivity contribution >= 4 is 16.7 Å². The van der Waals surface area contributed by atoms with Crippen molar-refractivity contribution in [1.29, 1.82) is 0 Å². The molecule has 23 heavy (non-hydrogen) atoms. The Morgan fingerprint density at radius 1 is 1.22 bits per heavy atom. The number of rotatable bonds is 4. The largest absolute Gasteiger partial charge is 0.350 e. The topological polar surface area (TPSA) is 64.0 Å². The fourth-order valence-electron chi connectivity index (χ4n) is 3.33. The Hall–Kier alpha value is -2.17. The summed E-state index contributed by atoms with van der Waals surface area (Å²) in [6.45, 7) is 3.00. The van der Waals surface area contributed by atoms with Gasteiger partial charge in [-0.15, -0.1) is 0 Å². The number of aryl methyl sites for hydroxylation is 1. The summed E-state index contributed by atoms with van der Waals surface area (Å²) in [6, 6.07) is 7.19. The Bertz CT molecular complexity index is 760. The molecule has 0 unspecified atom stereocenters. The molecule has 1 aromatic carbocycles. The van der Waals surface area contributed by atoms with Gasteiger partial charge in [-0.25, -0.2) is 4.68 Å². The smallest absolute Gasteiger partial charge is 0.274 e. The zero-order valence-corrected chi connectivity index (χ0v) is 13.5. The molecule has 1 fully saturated rings. The second-order valence-corrected chi connectivity index (χ2v) is 6.23. The minimum absolute atomic E-state index is 0.146. The van der Waals surface area contributed by atoms with Gasteiger partial charge in [-0.1, -0.05) is 37.5 Å². The zero-order valence-electron chi connectivity index (χ0n) is 13.5. The number of carbonyl (C=O) groups excluding carboxylic acids is 1. The standard InChI is InChI=1S/C18H23N3O2/c1-2-21-18(23)15-11-7-6-10-14(15)16(20-21)17(22)19-12-13-8-4-3-5-9-13/h6-7,10-11,13H,2-5,8-9,12H2,1H3,(H,19,22). The molecule has 1 heterocycles. The highest BCUT2D eigenvalue weighted by Gasteiger charge is 2.18. The van der Waals surface area contributed by atoms with Crippen LogP contribution < -0.4 is 10.9 Å². The number of nitrogens with zero attached hydrogens (tertiary/aromatic N) is 2. The average molecular weight is 313 g/mol. The highest BCUT2D eigenvalue weighted by Crippen LogP contribution is 2.23. The number of fused-ring (bicyclic) bond motifs is 1. The summed E-state index contributed by atoms with van der Waals surface area (Å²) in [5.74, 6) is 0.380. The fourth-order valence-corrected chi connectivity index (χ4v) is 3.33. The lowest BCUT2D eigenvalue weighted by atomic mass is 9.89. The van der Waals surface area contributed by atoms with Crippen molar-refractivity contribution in [2.24, 2.45) is 5.92 Å². The third-order valence-electron chi connectivity index (χ3n) is 4.66. The molecule has 3 rings (SSSR count). The SMILES string of the molecule is CCn1nc(C(=O)NCC2CCCCC2)c2ccccc2c1=O. The van der Waals surface area contributed by atoms with Crippen LogP contribution in [0.15, 0.2) is 29.1 Å². The van der Waals surface area contributed by atoms with Crippen molar-refractivity contribution in [2.75, 3.05) is 6.54 Å². The monoisotopic (exact) mass is 313 g/mol. The van der Waals surface area contributed by atoms with E-state index in [9.17, 15) is 9.59 Å². The van der Waals surface area contributed by atoms with Gasteiger partial charge < -0.3 is 5.32 Å². The minimum atomic E-state index is -0.186. The first-order chi connectivity index (χ1) is 11.2. The first-order valence-corrected chi connectivity index (χ1v) is 8.48. The van der Waals surface area contributed by atoms with Crippen LogP contribution in [0.3, 0.4) is 0 Å². The molecule has 5 nitrogen and oxygen atoms in total. The van der Waals surface area contributed by atoms with Crippen LogP contribution in [0.4, 0.5) is 0 Å². The van der Waals surface area contributed by atoms with Crippen molar-refractivity contribution in [3.8, 4) is 0 Å². The van der Waals surface area contributed by atoms with Crippen LogP contribution in [-0.4, -0.2) is 22.2 Å². The molecular weight excluding hydrogens is 290 g/mol. The fraction of sp³-hybridized carbons (Fsp3) is 0.500. The molecule has 0 saturated heterocycles. The highest BCUT2D eigenvalue weighted by atomic mass is 16.2. The number of hydrogen-bond donors (Lipinski definition) is 1. The molecule has 5 heteroatoms. The van der Waals surface area contributed by atoms with Crippen LogP contribution >= 0.6 is 0 Å². The number of nitrogens with one attached hydrogen (secondary N) is 1. The first kappa shape index (κ1) is 15.7. The third kappa shape index (κ3) is 3.28. The van der Waals surface area contributed by atoms with Crippen LogP contribution in [-0.2, 0) is 6.54 Å². The van der Waals surface area contributed by atoms with Crippen LogP contribution in [0.25, 0.3) is 10.8 Å². The quantitative estimate of drug-likeness (QED) is 0.944. The maximum atomic E-state index is 12.6. The lowest BCUT2D eigenvalue weighted by molar-refractivity contribution is 0.0938. The van der Waals surface area contributed by atoms with E-state index >= 15 is 0 Å². The predicted molar refractivity (Wildman–Crippen MR) is 90.6 cm³/mol. The summed E-state index contributed by atoms with van der Waals surface area (Å²) in [7, 11) is 0. The molecule has 1 N–H and O–H groups in total. The van der Waals surface area contributed by atoms with Gasteiger partial charge in [0.05, 0.1) is 5.39 Å². The lowest BCUT2D eigenvalue weighted by Crippen LogP contribution is -2.33. The van der Waals surface area contributed by atoms with Crippen molar-refractivity contribution in [1.82, 2.24) is 15.1 Å². The van der Waals surface area contributed by atoms with E-state index in [2.05, 4.69) is 10.4 Å². The van der Waals surface area contributed by atoms with Crippen LogP contribution in [0.2, 0.25) is 0 Å². The highest BCUT2D eigenvalue weighted by molar-refractivity contribution is 6.04. The van der Waals surface area contributed by atoms with Gasteiger partial charge in [-0.3, -0.25) is 9.59 Å². The Morgan fingerprint density at radius 2 is 1.91 bits per heavy atom. The Kier molecular flexibility index (Phi) is 4.74. The molecule has 0 aliphatic heterocycles. The molecular formula is C18H23N3O2. The number of carbonyl (C=O) groups is 1. The molecule has 0 spiro atoms. The number of benzene rings is 1. The minimum Gasteiger partial charge on any atom is -0.350 e. The van der Waals surface area contributed by atoms with E-state index < -0.39 is 0 Å². The molecule has 1 saturated carbocycles. The summed E-state index contributed by atoms with van der Waals surface area (Å²) in [5.41, 5.74) is 0.199. The van der Waals surface area contributed by atoms with Gasteiger partial charge in [0.1, 0.15) is 0 Å². The molecule has 122 valence electrons. The molecule has 0 bridgehead atoms. The summed E-state index contributed by atoms with van der Waals surface area (Å²) < 4.78 is 1.36. The maximum Gasteiger partial charge on any atom is 0.274 e. The molecule has 1 amide bonds. The summed E-state index contributed by atoms with van der Waals surface area (Å²) in [4.78, 5) is 24.9. The molecule has 1 aliphatic rings. The molecule has 0 atom stereocenters. The van der Waals surface area contributed by atoms with Crippen molar-refractivity contribution in [3.63, 3.8) is 0 Å². The van der Waals surface area contributed by atoms with E-state index in [-0.39, 0.29) is 11.5 Å². The van der Waals surface area contributed by atoms with E-state index in [0.717, 1.165) is 0 Å². The van der Waals surface area contributed by atoms with E-state index in [4.69, 9.17) is 0 Å². The third-order valence-corrected chi connectivity index (χ3v) is 4.66. The Labute approximate surface area is 135 Å². The van der Waals surface area contributed by atoms with Crippen molar-refractivity contribution in [2.45, 2.75) is 45.6 Å². The average Bonchev–Trinajstić information content (AvgIpc) is 2.61. The van der Waals surface area contributed by atoms with E-state index in [0.29, 0.717) is 35.5 Å². The van der Waals surface area contributed by atoms with Crippen molar-refractivity contribution in [3.05, 3.63) is 40.3 Å². The summed E-state index contributed by atoms with van der Waals surface area (Å²) >= 11 is 0. The normalized spacial score (nSPS) is 15.7. The summed E-state index contributed by atoms with van der Waals surface area (Å²) in [6.07, 6.45) is 6.18. The van der Waals surface area contributed by atoms with Crippen molar-refractivity contribution < 1.29 is 4.79 Å². The Morgan fingerprint density at radius 3 is 2.61 bits per heavy atom. The van der Waals surface area contributed by atoms with Gasteiger partial charge in [0.2, 0.25) is 0 Å². The van der Waals surface area contributed by atoms with Gasteiger partial charge in [0, 0.05) is 18.5 Å². The zero-order chi connectivity index (χ0) is 16.2. The Balaban J connectivity index is 1.87. The predicted octanol–water partition coefficient (Wildman–Crippen LogP) is 2.73. The van der Waals surface area contributed by atoms with Crippen LogP contribution in [0, 0.1) is 5.92 Å². The van der Waals surface area contributed by atoms with E-state index in [1.54, 1.807) is 12.1 Å². The molecule has 2 aromatic rings. The molecule has 1 aliphatic carbocycles. The van der Waals surface area contributed by atoms with Gasteiger partial charge in [0.25, 0.3) is 11.5 Å². The number of aromatic nitrogens is 2. The second kappa shape index (κ2) is 6.94. The van der Waals surface area contributed by atoms with E-state index in [1.807, 2.05) is 19.1 Å². The second-order valence-electron chi connectivity index (χ2n) is 6.23. The first-order valence-electron chi connectivity index (χ1n) is 8.48.